The maximum atomic E-state index is 11.2. The van der Waals surface area contributed by atoms with Gasteiger partial charge in [0.1, 0.15) is 5.69 Å². The molecule has 0 radical (unpaired) electrons. The first-order valence-electron chi connectivity index (χ1n) is 3.79. The number of halogens is 1. The molecule has 0 aromatic carbocycles. The van der Waals surface area contributed by atoms with Crippen molar-refractivity contribution in [3.8, 4) is 0 Å². The van der Waals surface area contributed by atoms with Crippen LogP contribution in [0.15, 0.2) is 6.20 Å². The van der Waals surface area contributed by atoms with E-state index in [9.17, 15) is 9.59 Å². The van der Waals surface area contributed by atoms with E-state index in [4.69, 9.17) is 11.6 Å². The molecule has 0 bridgehead atoms. The topological polar surface area (TPSA) is 71.2 Å². The van der Waals surface area contributed by atoms with Crippen LogP contribution in [0.1, 0.15) is 20.8 Å². The Hall–Kier alpha value is -1.49. The summed E-state index contributed by atoms with van der Waals surface area (Å²) in [6.45, 7) is 0. The minimum absolute atomic E-state index is 0.0659. The van der Waals surface area contributed by atoms with Gasteiger partial charge < -0.3 is 15.0 Å². The third-order valence-electron chi connectivity index (χ3n) is 1.68. The zero-order valence-electron chi connectivity index (χ0n) is 7.68. The maximum Gasteiger partial charge on any atom is 0.356 e. The number of hydrogen-bond acceptors (Lipinski definition) is 3. The van der Waals surface area contributed by atoms with Crippen molar-refractivity contribution in [2.24, 2.45) is 0 Å². The molecule has 0 saturated carbocycles. The minimum atomic E-state index is -0.606. The first-order valence-corrected chi connectivity index (χ1v) is 4.16. The van der Waals surface area contributed by atoms with Crippen LogP contribution in [-0.4, -0.2) is 31.0 Å². The molecule has 0 saturated heterocycles. The normalized spacial score (nSPS) is 9.64. The Bertz CT molecular complexity index is 339. The van der Waals surface area contributed by atoms with Crippen molar-refractivity contribution in [2.75, 3.05) is 14.2 Å². The van der Waals surface area contributed by atoms with Crippen molar-refractivity contribution in [3.63, 3.8) is 0 Å². The van der Waals surface area contributed by atoms with Crippen molar-refractivity contribution in [1.29, 1.82) is 0 Å². The molecule has 0 unspecified atom stereocenters. The summed E-state index contributed by atoms with van der Waals surface area (Å²) in [5.41, 5.74) is 0.294. The van der Waals surface area contributed by atoms with Crippen LogP contribution < -0.4 is 5.32 Å². The number of H-pyrrole nitrogens is 1. The first kappa shape index (κ1) is 10.6. The highest BCUT2D eigenvalue weighted by Gasteiger charge is 2.19. The minimum Gasteiger partial charge on any atom is -0.464 e. The molecule has 1 amide bonds. The second kappa shape index (κ2) is 4.15. The molecule has 2 N–H and O–H groups in total. The van der Waals surface area contributed by atoms with Crippen LogP contribution in [0.5, 0.6) is 0 Å². The summed E-state index contributed by atoms with van der Waals surface area (Å²) < 4.78 is 4.46. The number of amides is 1. The van der Waals surface area contributed by atoms with Gasteiger partial charge in [0, 0.05) is 13.2 Å². The molecule has 1 aromatic rings. The highest BCUT2D eigenvalue weighted by molar-refractivity contribution is 6.36. The Morgan fingerprint density at radius 2 is 2.21 bits per heavy atom. The summed E-state index contributed by atoms with van der Waals surface area (Å²) in [7, 11) is 2.71. The molecule has 0 fully saturated rings. The molecule has 0 spiro atoms. The van der Waals surface area contributed by atoms with Crippen molar-refractivity contribution in [1.82, 2.24) is 10.3 Å². The SMILES string of the molecule is CNC(=O)c1c[nH]c(C(=O)OC)c1Cl. The van der Waals surface area contributed by atoms with Crippen LogP contribution in [0.2, 0.25) is 5.02 Å². The van der Waals surface area contributed by atoms with Gasteiger partial charge in [0.05, 0.1) is 17.7 Å². The lowest BCUT2D eigenvalue weighted by atomic mass is 10.3. The fourth-order valence-corrected chi connectivity index (χ4v) is 1.23. The van der Waals surface area contributed by atoms with E-state index in [1.54, 1.807) is 0 Å². The van der Waals surface area contributed by atoms with E-state index in [1.165, 1.54) is 20.4 Å². The lowest BCUT2D eigenvalue weighted by Gasteiger charge is -1.97. The third kappa shape index (κ3) is 1.72. The van der Waals surface area contributed by atoms with Gasteiger partial charge in [0.15, 0.2) is 0 Å². The Balaban J connectivity index is 3.08. The van der Waals surface area contributed by atoms with E-state index in [1.807, 2.05) is 0 Å². The monoisotopic (exact) mass is 216 g/mol. The molecule has 6 heteroatoms. The van der Waals surface area contributed by atoms with Gasteiger partial charge in [-0.2, -0.15) is 0 Å². The molecule has 76 valence electrons. The Morgan fingerprint density at radius 3 is 2.71 bits per heavy atom. The number of hydrogen-bond donors (Lipinski definition) is 2. The molecular weight excluding hydrogens is 208 g/mol. The zero-order chi connectivity index (χ0) is 10.7. The molecule has 1 heterocycles. The average molecular weight is 217 g/mol. The van der Waals surface area contributed by atoms with Crippen LogP contribution >= 0.6 is 11.6 Å². The molecule has 1 rings (SSSR count). The predicted molar refractivity (Wildman–Crippen MR) is 50.5 cm³/mol. The van der Waals surface area contributed by atoms with Gasteiger partial charge in [-0.1, -0.05) is 11.6 Å². The van der Waals surface area contributed by atoms with E-state index in [0.29, 0.717) is 0 Å². The Morgan fingerprint density at radius 1 is 1.57 bits per heavy atom. The van der Waals surface area contributed by atoms with E-state index >= 15 is 0 Å². The van der Waals surface area contributed by atoms with Gasteiger partial charge in [-0.05, 0) is 0 Å². The summed E-state index contributed by atoms with van der Waals surface area (Å²) in [5, 5.41) is 2.46. The van der Waals surface area contributed by atoms with E-state index < -0.39 is 5.97 Å². The quantitative estimate of drug-likeness (QED) is 0.719. The lowest BCUT2D eigenvalue weighted by molar-refractivity contribution is 0.0595. The van der Waals surface area contributed by atoms with E-state index in [2.05, 4.69) is 15.0 Å². The van der Waals surface area contributed by atoms with Crippen LogP contribution in [0, 0.1) is 0 Å². The molecule has 0 aliphatic carbocycles. The number of methoxy groups -OCH3 is 1. The van der Waals surface area contributed by atoms with Gasteiger partial charge in [-0.15, -0.1) is 0 Å². The molecule has 0 aliphatic heterocycles. The van der Waals surface area contributed by atoms with Crippen molar-refractivity contribution < 1.29 is 14.3 Å². The molecule has 14 heavy (non-hydrogen) atoms. The fourth-order valence-electron chi connectivity index (χ4n) is 0.956. The highest BCUT2D eigenvalue weighted by atomic mass is 35.5. The van der Waals surface area contributed by atoms with Crippen LogP contribution in [0.25, 0.3) is 0 Å². The number of aromatic nitrogens is 1. The van der Waals surface area contributed by atoms with Crippen LogP contribution in [0.3, 0.4) is 0 Å². The number of nitrogens with one attached hydrogen (secondary N) is 2. The summed E-state index contributed by atoms with van der Waals surface area (Å²) in [5.74, 6) is -0.966. The second-order valence-electron chi connectivity index (χ2n) is 2.46. The Labute approximate surface area is 85.4 Å². The molecular formula is C8H9ClN2O3. The number of carbonyl (C=O) groups is 2. The largest absolute Gasteiger partial charge is 0.464 e. The molecule has 0 atom stereocenters. The number of esters is 1. The lowest BCUT2D eigenvalue weighted by Crippen LogP contribution is -2.17. The smallest absolute Gasteiger partial charge is 0.356 e. The van der Waals surface area contributed by atoms with Crippen molar-refractivity contribution >= 4 is 23.5 Å². The second-order valence-corrected chi connectivity index (χ2v) is 2.84. The summed E-state index contributed by atoms with van der Waals surface area (Å²) >= 11 is 5.78. The summed E-state index contributed by atoms with van der Waals surface area (Å²) in [6.07, 6.45) is 1.35. The zero-order valence-corrected chi connectivity index (χ0v) is 8.44. The molecule has 1 aromatic heterocycles. The van der Waals surface area contributed by atoms with E-state index in [0.717, 1.165) is 0 Å². The first-order chi connectivity index (χ1) is 6.61. The highest BCUT2D eigenvalue weighted by Crippen LogP contribution is 2.20. The van der Waals surface area contributed by atoms with Crippen LogP contribution in [0.4, 0.5) is 0 Å². The maximum absolute atomic E-state index is 11.2. The number of aromatic amines is 1. The third-order valence-corrected chi connectivity index (χ3v) is 2.07. The van der Waals surface area contributed by atoms with Gasteiger partial charge in [-0.25, -0.2) is 4.79 Å². The fraction of sp³-hybridized carbons (Fsp3) is 0.250. The van der Waals surface area contributed by atoms with Gasteiger partial charge in [-0.3, -0.25) is 4.79 Å². The Kier molecular flexibility index (Phi) is 3.14. The average Bonchev–Trinajstić information content (AvgIpc) is 2.58. The summed E-state index contributed by atoms with van der Waals surface area (Å²) in [6, 6.07) is 0. The van der Waals surface area contributed by atoms with Gasteiger partial charge in [0.25, 0.3) is 5.91 Å². The number of rotatable bonds is 2. The number of ether oxygens (including phenoxy) is 1. The number of carbonyl (C=O) groups excluding carboxylic acids is 2. The van der Waals surface area contributed by atoms with Crippen LogP contribution in [-0.2, 0) is 4.74 Å². The van der Waals surface area contributed by atoms with Crippen molar-refractivity contribution in [3.05, 3.63) is 22.5 Å². The van der Waals surface area contributed by atoms with E-state index in [-0.39, 0.29) is 22.2 Å². The molecule has 5 nitrogen and oxygen atoms in total. The van der Waals surface area contributed by atoms with Gasteiger partial charge >= 0.3 is 5.97 Å². The standard InChI is InChI=1S/C8H9ClN2O3/c1-10-7(12)4-3-11-6(5(4)9)8(13)14-2/h3,11H,1-2H3,(H,10,12). The summed E-state index contributed by atoms with van der Waals surface area (Å²) in [4.78, 5) is 24.9. The molecule has 0 aliphatic rings. The van der Waals surface area contributed by atoms with Crippen molar-refractivity contribution in [2.45, 2.75) is 0 Å². The predicted octanol–water partition coefficient (Wildman–Crippen LogP) is 0.814. The van der Waals surface area contributed by atoms with Gasteiger partial charge in [0.2, 0.25) is 0 Å².